The smallest absolute Gasteiger partial charge is 0.264 e. The molecule has 0 saturated carbocycles. The van der Waals surface area contributed by atoms with E-state index in [1.807, 2.05) is 0 Å². The molecule has 1 aliphatic heterocycles. The van der Waals surface area contributed by atoms with Crippen molar-refractivity contribution in [3.63, 3.8) is 0 Å². The molecule has 0 aromatic heterocycles. The SMILES string of the molecule is CC(C)OC1O[C@H](CCS(=O)(=O)O)[C@@H](O)[C@H](O)[C@@H]1O. The molecule has 0 aromatic carbocycles. The molecule has 1 saturated heterocycles. The van der Waals surface area contributed by atoms with E-state index in [0.29, 0.717) is 0 Å². The van der Waals surface area contributed by atoms with Crippen molar-refractivity contribution in [2.75, 3.05) is 5.75 Å². The molecule has 114 valence electrons. The van der Waals surface area contributed by atoms with Gasteiger partial charge in [0.15, 0.2) is 6.29 Å². The number of hydrogen-bond donors (Lipinski definition) is 4. The van der Waals surface area contributed by atoms with Gasteiger partial charge >= 0.3 is 0 Å². The second-order valence-corrected chi connectivity index (χ2v) is 6.35. The van der Waals surface area contributed by atoms with Gasteiger partial charge < -0.3 is 24.8 Å². The zero-order valence-corrected chi connectivity index (χ0v) is 11.5. The van der Waals surface area contributed by atoms with Crippen molar-refractivity contribution in [3.8, 4) is 0 Å². The van der Waals surface area contributed by atoms with Crippen molar-refractivity contribution in [2.45, 2.75) is 57.1 Å². The average molecular weight is 300 g/mol. The van der Waals surface area contributed by atoms with Crippen LogP contribution in [0.15, 0.2) is 0 Å². The molecule has 1 heterocycles. The Morgan fingerprint density at radius 3 is 2.21 bits per heavy atom. The Kier molecular flexibility index (Phi) is 5.68. The normalized spacial score (nSPS) is 36.7. The van der Waals surface area contributed by atoms with E-state index in [1.165, 1.54) is 0 Å². The molecule has 0 bridgehead atoms. The molecule has 4 N–H and O–H groups in total. The Morgan fingerprint density at radius 1 is 1.16 bits per heavy atom. The highest BCUT2D eigenvalue weighted by molar-refractivity contribution is 7.85. The van der Waals surface area contributed by atoms with E-state index in [9.17, 15) is 23.7 Å². The van der Waals surface area contributed by atoms with Crippen molar-refractivity contribution in [3.05, 3.63) is 0 Å². The zero-order valence-electron chi connectivity index (χ0n) is 10.7. The summed E-state index contributed by atoms with van der Waals surface area (Å²) in [6.07, 6.45) is -7.12. The third-order valence-electron chi connectivity index (χ3n) is 2.74. The van der Waals surface area contributed by atoms with Gasteiger partial charge in [0, 0.05) is 0 Å². The molecule has 8 nitrogen and oxygen atoms in total. The van der Waals surface area contributed by atoms with Crippen molar-refractivity contribution in [1.82, 2.24) is 0 Å². The highest BCUT2D eigenvalue weighted by atomic mass is 32.2. The maximum absolute atomic E-state index is 10.7. The summed E-state index contributed by atoms with van der Waals surface area (Å²) in [6.45, 7) is 3.39. The van der Waals surface area contributed by atoms with Gasteiger partial charge in [-0.3, -0.25) is 4.55 Å². The summed E-state index contributed by atoms with van der Waals surface area (Å²) in [7, 11) is -4.19. The molecule has 1 fully saturated rings. The van der Waals surface area contributed by atoms with E-state index in [2.05, 4.69) is 0 Å². The largest absolute Gasteiger partial charge is 0.388 e. The second kappa shape index (κ2) is 6.44. The summed E-state index contributed by atoms with van der Waals surface area (Å²) in [5, 5.41) is 29.0. The minimum atomic E-state index is -4.19. The maximum atomic E-state index is 10.7. The topological polar surface area (TPSA) is 134 Å². The van der Waals surface area contributed by atoms with Gasteiger partial charge in [-0.25, -0.2) is 0 Å². The van der Waals surface area contributed by atoms with Gasteiger partial charge in [-0.1, -0.05) is 0 Å². The number of ether oxygens (including phenoxy) is 2. The van der Waals surface area contributed by atoms with Crippen LogP contribution in [0.3, 0.4) is 0 Å². The molecule has 0 aromatic rings. The van der Waals surface area contributed by atoms with Gasteiger partial charge in [0.05, 0.1) is 18.0 Å². The monoisotopic (exact) mass is 300 g/mol. The predicted molar refractivity (Wildman–Crippen MR) is 63.9 cm³/mol. The average Bonchev–Trinajstić information content (AvgIpc) is 2.26. The molecule has 0 amide bonds. The van der Waals surface area contributed by atoms with Crippen molar-refractivity contribution in [1.29, 1.82) is 0 Å². The molecule has 1 aliphatic rings. The quantitative estimate of drug-likeness (QED) is 0.451. The molecule has 0 radical (unpaired) electrons. The lowest BCUT2D eigenvalue weighted by molar-refractivity contribution is -0.304. The summed E-state index contributed by atoms with van der Waals surface area (Å²) in [5.74, 6) is -0.619. The zero-order chi connectivity index (χ0) is 14.8. The van der Waals surface area contributed by atoms with Gasteiger partial charge in [-0.15, -0.1) is 0 Å². The molecule has 1 unspecified atom stereocenters. The Hall–Kier alpha value is -0.290. The van der Waals surface area contributed by atoms with Crippen LogP contribution in [0, 0.1) is 0 Å². The van der Waals surface area contributed by atoms with E-state index < -0.39 is 46.6 Å². The first kappa shape index (κ1) is 16.8. The molecule has 0 spiro atoms. The van der Waals surface area contributed by atoms with Crippen LogP contribution in [0.25, 0.3) is 0 Å². The molecular formula is C10H20O8S. The van der Waals surface area contributed by atoms with E-state index >= 15 is 0 Å². The second-order valence-electron chi connectivity index (χ2n) is 4.77. The summed E-state index contributed by atoms with van der Waals surface area (Å²) in [5.41, 5.74) is 0. The fourth-order valence-corrected chi connectivity index (χ4v) is 2.33. The lowest BCUT2D eigenvalue weighted by Crippen LogP contribution is -2.58. The Balaban J connectivity index is 2.70. The van der Waals surface area contributed by atoms with Crippen LogP contribution in [0.4, 0.5) is 0 Å². The van der Waals surface area contributed by atoms with Gasteiger partial charge in [0.1, 0.15) is 18.3 Å². The standard InChI is InChI=1S/C10H20O8S/c1-5(2)17-10-9(13)8(12)7(11)6(18-10)3-4-19(14,15)16/h5-13H,3-4H2,1-2H3,(H,14,15,16)/t6-,7-,8+,9+,10?/m1/s1. The molecule has 19 heavy (non-hydrogen) atoms. The Bertz CT molecular complexity index is 381. The van der Waals surface area contributed by atoms with Crippen LogP contribution in [-0.4, -0.2) is 70.9 Å². The van der Waals surface area contributed by atoms with Crippen LogP contribution in [0.5, 0.6) is 0 Å². The van der Waals surface area contributed by atoms with Crippen molar-refractivity contribution in [2.24, 2.45) is 0 Å². The fourth-order valence-electron chi connectivity index (χ4n) is 1.80. The van der Waals surface area contributed by atoms with E-state index in [4.69, 9.17) is 14.0 Å². The highest BCUT2D eigenvalue weighted by Gasteiger charge is 2.44. The van der Waals surface area contributed by atoms with Crippen LogP contribution in [0.2, 0.25) is 0 Å². The minimum absolute atomic E-state index is 0.221. The summed E-state index contributed by atoms with van der Waals surface area (Å²) in [4.78, 5) is 0. The predicted octanol–water partition coefficient (Wildman–Crippen LogP) is -1.50. The highest BCUT2D eigenvalue weighted by Crippen LogP contribution is 2.25. The van der Waals surface area contributed by atoms with Crippen LogP contribution in [-0.2, 0) is 19.6 Å². The molecule has 9 heteroatoms. The van der Waals surface area contributed by atoms with Crippen LogP contribution in [0.1, 0.15) is 20.3 Å². The first-order chi connectivity index (χ1) is 8.61. The van der Waals surface area contributed by atoms with Crippen LogP contribution >= 0.6 is 0 Å². The van der Waals surface area contributed by atoms with Gasteiger partial charge in [-0.05, 0) is 20.3 Å². The maximum Gasteiger partial charge on any atom is 0.264 e. The summed E-state index contributed by atoms with van der Waals surface area (Å²) < 4.78 is 40.4. The minimum Gasteiger partial charge on any atom is -0.388 e. The van der Waals surface area contributed by atoms with Crippen molar-refractivity contribution < 1.29 is 37.8 Å². The Morgan fingerprint density at radius 2 is 1.74 bits per heavy atom. The number of rotatable bonds is 5. The van der Waals surface area contributed by atoms with E-state index in [-0.39, 0.29) is 12.5 Å². The first-order valence-corrected chi connectivity index (χ1v) is 7.53. The molecule has 5 atom stereocenters. The molecule has 0 aliphatic carbocycles. The third kappa shape index (κ3) is 4.95. The number of hydrogen-bond acceptors (Lipinski definition) is 7. The van der Waals surface area contributed by atoms with E-state index in [0.717, 1.165) is 0 Å². The van der Waals surface area contributed by atoms with E-state index in [1.54, 1.807) is 13.8 Å². The summed E-state index contributed by atoms with van der Waals surface area (Å²) in [6, 6.07) is 0. The number of aliphatic hydroxyl groups excluding tert-OH is 3. The van der Waals surface area contributed by atoms with Gasteiger partial charge in [-0.2, -0.15) is 8.42 Å². The number of aliphatic hydroxyl groups is 3. The fraction of sp³-hybridized carbons (Fsp3) is 1.00. The van der Waals surface area contributed by atoms with Gasteiger partial charge in [0.25, 0.3) is 10.1 Å². The van der Waals surface area contributed by atoms with Gasteiger partial charge in [0.2, 0.25) is 0 Å². The lowest BCUT2D eigenvalue weighted by Gasteiger charge is -2.40. The first-order valence-electron chi connectivity index (χ1n) is 5.92. The summed E-state index contributed by atoms with van der Waals surface area (Å²) >= 11 is 0. The Labute approximate surface area is 111 Å². The van der Waals surface area contributed by atoms with Crippen molar-refractivity contribution >= 4 is 10.1 Å². The molecule has 1 rings (SSSR count). The van der Waals surface area contributed by atoms with Crippen LogP contribution < -0.4 is 0 Å². The third-order valence-corrected chi connectivity index (χ3v) is 3.49. The molecular weight excluding hydrogens is 280 g/mol. The lowest BCUT2D eigenvalue weighted by atomic mass is 9.97.